The van der Waals surface area contributed by atoms with Gasteiger partial charge in [0.2, 0.25) is 0 Å². The Hall–Kier alpha value is -0.980. The Bertz CT molecular complexity index is 1590. The van der Waals surface area contributed by atoms with Gasteiger partial charge in [-0.2, -0.15) is 0 Å². The van der Waals surface area contributed by atoms with Crippen LogP contribution in [0, 0.1) is 46.3 Å². The Labute approximate surface area is 369 Å². The number of methoxy groups -OCH3 is 1. The van der Waals surface area contributed by atoms with Crippen LogP contribution in [0.25, 0.3) is 0 Å². The molecule has 0 bridgehead atoms. The molecule has 4 aliphatic heterocycles. The first-order valence-corrected chi connectivity index (χ1v) is 23.3. The maximum Gasteiger partial charge on any atom is 0.187 e. The molecule has 4 saturated heterocycles. The smallest absolute Gasteiger partial charge is 0.187 e. The van der Waals surface area contributed by atoms with E-state index in [1.165, 1.54) is 6.92 Å². The van der Waals surface area contributed by atoms with E-state index in [-0.39, 0.29) is 53.8 Å². The average Bonchev–Trinajstić information content (AvgIpc) is 3.72. The van der Waals surface area contributed by atoms with Crippen molar-refractivity contribution in [2.75, 3.05) is 26.9 Å². The Morgan fingerprint density at radius 3 is 2.19 bits per heavy atom. The molecule has 63 heavy (non-hydrogen) atoms. The predicted octanol–water partition coefficient (Wildman–Crippen LogP) is -0.567. The molecule has 26 atom stereocenters. The second-order valence-corrected chi connectivity index (χ2v) is 20.8. The number of aliphatic hydroxyl groups excluding tert-OH is 10. The van der Waals surface area contributed by atoms with Crippen LogP contribution in [0.1, 0.15) is 85.5 Å². The van der Waals surface area contributed by atoms with Crippen molar-refractivity contribution in [1.82, 2.24) is 0 Å². The van der Waals surface area contributed by atoms with Crippen molar-refractivity contribution in [1.29, 1.82) is 0 Å². The van der Waals surface area contributed by atoms with Gasteiger partial charge in [-0.3, -0.25) is 0 Å². The van der Waals surface area contributed by atoms with Gasteiger partial charge in [0.15, 0.2) is 24.7 Å². The highest BCUT2D eigenvalue weighted by Gasteiger charge is 2.70. The van der Waals surface area contributed by atoms with Gasteiger partial charge in [0.05, 0.1) is 44.2 Å². The van der Waals surface area contributed by atoms with Gasteiger partial charge in [-0.1, -0.05) is 32.9 Å². The molecule has 4 saturated carbocycles. The van der Waals surface area contributed by atoms with Crippen LogP contribution in [0.5, 0.6) is 0 Å². The van der Waals surface area contributed by atoms with Crippen molar-refractivity contribution in [2.45, 2.75) is 196 Å². The zero-order valence-electron chi connectivity index (χ0n) is 37.2. The molecule has 0 unspecified atom stereocenters. The number of ether oxygens (including phenoxy) is 8. The van der Waals surface area contributed by atoms with Crippen molar-refractivity contribution in [3.8, 4) is 0 Å². The van der Waals surface area contributed by atoms with E-state index in [0.29, 0.717) is 43.1 Å². The molecule has 8 aliphatic rings. The van der Waals surface area contributed by atoms with Crippen LogP contribution in [0.15, 0.2) is 12.2 Å². The number of aliphatic hydroxyl groups is 10. The Morgan fingerprint density at radius 2 is 1.48 bits per heavy atom. The zero-order chi connectivity index (χ0) is 45.5. The molecule has 0 spiro atoms. The zero-order valence-corrected chi connectivity index (χ0v) is 37.2. The lowest BCUT2D eigenvalue weighted by atomic mass is 9.43. The molecule has 10 N–H and O–H groups in total. The third-order valence-corrected chi connectivity index (χ3v) is 17.7. The van der Waals surface area contributed by atoms with Crippen molar-refractivity contribution in [3.63, 3.8) is 0 Å². The molecule has 8 rings (SSSR count). The molecule has 0 amide bonds. The van der Waals surface area contributed by atoms with Crippen molar-refractivity contribution in [3.05, 3.63) is 12.2 Å². The van der Waals surface area contributed by atoms with Gasteiger partial charge in [0.25, 0.3) is 0 Å². The Kier molecular flexibility index (Phi) is 14.2. The van der Waals surface area contributed by atoms with Crippen LogP contribution in [0.3, 0.4) is 0 Å². The minimum Gasteiger partial charge on any atom is -0.394 e. The fraction of sp³-hybridized carbons (Fsp3) is 0.956. The van der Waals surface area contributed by atoms with E-state index in [0.717, 1.165) is 32.1 Å². The SMILES string of the molecule is C=C(CC[C@@]1(OC)O[C@H]2C[C@H]3[C@@H]4CC[C@H]5C[C@H](O)C[C@@H](O[C@@H]6OC[C@H](O)[C@H](O)[C@H]6O[C@@H]6O[C@@H](C)[C@H](O)[C@@H](O)[C@H]6O)[C@]5(C)[C@H]4CC[C@]3(C)[C@H]2[C@@H]1C)CO[C@@H]1O[C@H](CO)[C@@H](O)[C@H](O)[C@H]1O. The minimum atomic E-state index is -1.64. The highest BCUT2D eigenvalue weighted by molar-refractivity contribution is 5.17. The van der Waals surface area contributed by atoms with E-state index in [1.54, 1.807) is 7.11 Å². The van der Waals surface area contributed by atoms with Gasteiger partial charge in [-0.05, 0) is 92.3 Å². The lowest BCUT2D eigenvalue weighted by Crippen LogP contribution is -2.64. The third kappa shape index (κ3) is 8.30. The van der Waals surface area contributed by atoms with Gasteiger partial charge < -0.3 is 89.0 Å². The van der Waals surface area contributed by atoms with Crippen LogP contribution >= 0.6 is 0 Å². The molecule has 4 aliphatic carbocycles. The molecule has 18 heteroatoms. The number of rotatable bonds is 12. The highest BCUT2D eigenvalue weighted by Crippen LogP contribution is 2.71. The quantitative estimate of drug-likeness (QED) is 0.110. The molecule has 0 aromatic heterocycles. The molecular formula is C45H74O18. The van der Waals surface area contributed by atoms with E-state index in [1.807, 2.05) is 0 Å². The topological polar surface area (TPSA) is 276 Å². The van der Waals surface area contributed by atoms with Crippen molar-refractivity contribution in [2.24, 2.45) is 46.3 Å². The summed E-state index contributed by atoms with van der Waals surface area (Å²) >= 11 is 0. The second-order valence-electron chi connectivity index (χ2n) is 20.8. The molecule has 0 aromatic carbocycles. The first-order valence-electron chi connectivity index (χ1n) is 23.3. The summed E-state index contributed by atoms with van der Waals surface area (Å²) in [5, 5.41) is 105. The molecule has 0 radical (unpaired) electrons. The fourth-order valence-corrected chi connectivity index (χ4v) is 14.1. The molecular weight excluding hydrogens is 828 g/mol. The van der Waals surface area contributed by atoms with Crippen LogP contribution in [-0.2, 0) is 37.9 Å². The summed E-state index contributed by atoms with van der Waals surface area (Å²) in [5.41, 5.74) is 0.284. The van der Waals surface area contributed by atoms with Crippen molar-refractivity contribution >= 4 is 0 Å². The second kappa shape index (κ2) is 18.5. The van der Waals surface area contributed by atoms with E-state index in [9.17, 15) is 51.1 Å². The summed E-state index contributed by atoms with van der Waals surface area (Å²) in [7, 11) is 1.69. The number of hydrogen-bond donors (Lipinski definition) is 10. The monoisotopic (exact) mass is 902 g/mol. The van der Waals surface area contributed by atoms with E-state index in [4.69, 9.17) is 37.9 Å². The van der Waals surface area contributed by atoms with Crippen LogP contribution < -0.4 is 0 Å². The summed E-state index contributed by atoms with van der Waals surface area (Å²) in [5.74, 6) is 0.547. The van der Waals surface area contributed by atoms with Gasteiger partial charge >= 0.3 is 0 Å². The lowest BCUT2D eigenvalue weighted by molar-refractivity contribution is -0.366. The summed E-state index contributed by atoms with van der Waals surface area (Å²) in [6.07, 6.45) is -13.5. The maximum atomic E-state index is 11.3. The first-order chi connectivity index (χ1) is 29.8. The van der Waals surface area contributed by atoms with Crippen LogP contribution in [0.4, 0.5) is 0 Å². The maximum absolute atomic E-state index is 11.3. The highest BCUT2D eigenvalue weighted by atomic mass is 16.8. The van der Waals surface area contributed by atoms with Gasteiger partial charge in [-0.25, -0.2) is 0 Å². The molecule has 362 valence electrons. The van der Waals surface area contributed by atoms with E-state index < -0.39 is 111 Å². The summed E-state index contributed by atoms with van der Waals surface area (Å²) in [6.45, 7) is 11.9. The van der Waals surface area contributed by atoms with Crippen molar-refractivity contribution < 1.29 is 89.0 Å². The summed E-state index contributed by atoms with van der Waals surface area (Å²) < 4.78 is 49.2. The standard InChI is InChI=1S/C45H74O18/c1-19(17-57-40-37(54)36(53)34(51)29(16-46)60-40)9-12-45(56-6)20(2)31-28(63-45)15-26-24-8-7-22-13-23(47)14-30(44(22,5)25(24)10-11-43(26,31)4)61-42-39(33(50)27(48)18-58-42)62-41-38(55)35(52)32(49)21(3)59-41/h20-42,46-55H,1,7-18H2,2-6H3/t20-,21-,22-,23-,24+,25-,26-,27-,28-,29+,30+,31-,32-,33-,34+,35+,36-,37+,38+,39+,40+,41-,42-,43-,44-,45+/m0/s1. The molecule has 8 fully saturated rings. The number of fused-ring (bicyclic) bond motifs is 7. The largest absolute Gasteiger partial charge is 0.394 e. The average molecular weight is 903 g/mol. The van der Waals surface area contributed by atoms with Gasteiger partial charge in [0.1, 0.15) is 61.0 Å². The molecule has 0 aromatic rings. The third-order valence-electron chi connectivity index (χ3n) is 17.7. The Balaban J connectivity index is 0.943. The van der Waals surface area contributed by atoms with Gasteiger partial charge in [-0.15, -0.1) is 0 Å². The Morgan fingerprint density at radius 1 is 0.762 bits per heavy atom. The fourth-order valence-electron chi connectivity index (χ4n) is 14.1. The predicted molar refractivity (Wildman–Crippen MR) is 218 cm³/mol. The van der Waals surface area contributed by atoms with Crippen LogP contribution in [-0.4, -0.2) is 188 Å². The number of hydrogen-bond acceptors (Lipinski definition) is 18. The van der Waals surface area contributed by atoms with Gasteiger partial charge in [0, 0.05) is 25.9 Å². The molecule has 4 heterocycles. The minimum absolute atomic E-state index is 0.0175. The van der Waals surface area contributed by atoms with E-state index in [2.05, 4.69) is 27.4 Å². The van der Waals surface area contributed by atoms with Crippen LogP contribution in [0.2, 0.25) is 0 Å². The summed E-state index contributed by atoms with van der Waals surface area (Å²) in [6, 6.07) is 0. The lowest BCUT2D eigenvalue weighted by Gasteiger charge is -2.63. The van der Waals surface area contributed by atoms with E-state index >= 15 is 0 Å². The first kappa shape index (κ1) is 48.5. The summed E-state index contributed by atoms with van der Waals surface area (Å²) in [4.78, 5) is 0. The molecule has 18 nitrogen and oxygen atoms in total. The normalized spacial score (nSPS) is 55.7.